The first kappa shape index (κ1) is 11.4. The van der Waals surface area contributed by atoms with Gasteiger partial charge < -0.3 is 5.73 Å². The van der Waals surface area contributed by atoms with E-state index in [-0.39, 0.29) is 0 Å². The maximum absolute atomic E-state index is 6.08. The zero-order chi connectivity index (χ0) is 10.7. The van der Waals surface area contributed by atoms with Crippen molar-refractivity contribution in [3.8, 4) is 0 Å². The normalized spacial score (nSPS) is 26.0. The third-order valence-electron chi connectivity index (χ3n) is 2.95. The van der Waals surface area contributed by atoms with Gasteiger partial charge in [0.25, 0.3) is 0 Å². The molecule has 1 fully saturated rings. The summed E-state index contributed by atoms with van der Waals surface area (Å²) in [6.45, 7) is 2.19. The van der Waals surface area contributed by atoms with Crippen molar-refractivity contribution in [2.24, 2.45) is 5.73 Å². The van der Waals surface area contributed by atoms with E-state index in [2.05, 4.69) is 12.3 Å². The molecule has 2 N–H and O–H groups in total. The number of hydrogen-bond acceptors (Lipinski definition) is 4. The van der Waals surface area contributed by atoms with Crippen molar-refractivity contribution in [2.75, 3.05) is 5.75 Å². The van der Waals surface area contributed by atoms with Crippen molar-refractivity contribution in [1.29, 1.82) is 0 Å². The van der Waals surface area contributed by atoms with Crippen LogP contribution < -0.4 is 5.73 Å². The molecule has 1 aromatic rings. The Hall–Kier alpha value is -0.0600. The van der Waals surface area contributed by atoms with Gasteiger partial charge in [-0.2, -0.15) is 11.8 Å². The number of nitrogens with two attached hydrogens (primary N) is 1. The van der Waals surface area contributed by atoms with E-state index in [4.69, 9.17) is 10.7 Å². The second-order valence-electron chi connectivity index (χ2n) is 4.00. The van der Waals surface area contributed by atoms with Crippen LogP contribution in [0.4, 0.5) is 0 Å². The predicted molar refractivity (Wildman–Crippen MR) is 68.5 cm³/mol. The van der Waals surface area contributed by atoms with Crippen LogP contribution in [0.15, 0.2) is 5.38 Å². The molecule has 2 unspecified atom stereocenters. The molecule has 0 aliphatic heterocycles. The van der Waals surface area contributed by atoms with Crippen LogP contribution in [0, 0.1) is 0 Å². The number of aromatic nitrogens is 1. The second kappa shape index (κ2) is 5.32. The lowest BCUT2D eigenvalue weighted by molar-refractivity contribution is 0.600. The number of thioether (sulfide) groups is 1. The fraction of sp³-hybridized carbons (Fsp3) is 0.727. The summed E-state index contributed by atoms with van der Waals surface area (Å²) in [5.41, 5.74) is 7.33. The van der Waals surface area contributed by atoms with Gasteiger partial charge in [-0.3, -0.25) is 0 Å². The van der Waals surface area contributed by atoms with E-state index in [0.29, 0.717) is 12.0 Å². The van der Waals surface area contributed by atoms with E-state index in [1.54, 1.807) is 11.3 Å². The van der Waals surface area contributed by atoms with Gasteiger partial charge in [0.15, 0.2) is 0 Å². The average Bonchev–Trinajstić information content (AvgIpc) is 2.83. The van der Waals surface area contributed by atoms with Gasteiger partial charge in [0.2, 0.25) is 0 Å². The van der Waals surface area contributed by atoms with Gasteiger partial charge >= 0.3 is 0 Å². The Labute approximate surface area is 99.7 Å². The summed E-state index contributed by atoms with van der Waals surface area (Å²) < 4.78 is 0. The standard InChI is InChI=1S/C11H18N2S2/c1-2-14-7-11-13-10(6-15-11)8-4-3-5-9(8)12/h6,8-9H,2-5,7,12H2,1H3. The molecule has 1 aliphatic rings. The van der Waals surface area contributed by atoms with Crippen LogP contribution in [0.2, 0.25) is 0 Å². The van der Waals surface area contributed by atoms with Crippen molar-refractivity contribution < 1.29 is 0 Å². The van der Waals surface area contributed by atoms with Gasteiger partial charge in [-0.25, -0.2) is 4.98 Å². The maximum Gasteiger partial charge on any atom is 0.103 e. The molecule has 1 saturated carbocycles. The number of rotatable bonds is 4. The Bertz CT molecular complexity index is 311. The SMILES string of the molecule is CCSCc1nc(C2CCCC2N)cs1. The van der Waals surface area contributed by atoms with Gasteiger partial charge in [0, 0.05) is 23.1 Å². The number of hydrogen-bond donors (Lipinski definition) is 1. The minimum absolute atomic E-state index is 0.346. The Kier molecular flexibility index (Phi) is 4.05. The smallest absolute Gasteiger partial charge is 0.103 e. The lowest BCUT2D eigenvalue weighted by Crippen LogP contribution is -2.22. The molecule has 1 aromatic heterocycles. The topological polar surface area (TPSA) is 38.9 Å². The predicted octanol–water partition coefficient (Wildman–Crippen LogP) is 2.99. The lowest BCUT2D eigenvalue weighted by atomic mass is 10.0. The zero-order valence-corrected chi connectivity index (χ0v) is 10.7. The van der Waals surface area contributed by atoms with Gasteiger partial charge in [0.05, 0.1) is 5.69 Å². The first-order valence-corrected chi connectivity index (χ1v) is 7.62. The number of nitrogens with zero attached hydrogens (tertiary/aromatic N) is 1. The fourth-order valence-corrected chi connectivity index (χ4v) is 3.71. The quantitative estimate of drug-likeness (QED) is 0.882. The minimum Gasteiger partial charge on any atom is -0.327 e. The molecule has 2 rings (SSSR count). The Morgan fingerprint density at radius 2 is 2.47 bits per heavy atom. The van der Waals surface area contributed by atoms with Crippen molar-refractivity contribution in [1.82, 2.24) is 4.98 Å². The highest BCUT2D eigenvalue weighted by atomic mass is 32.2. The molecule has 0 aromatic carbocycles. The zero-order valence-electron chi connectivity index (χ0n) is 9.11. The second-order valence-corrected chi connectivity index (χ2v) is 6.22. The van der Waals surface area contributed by atoms with Crippen LogP contribution in [0.5, 0.6) is 0 Å². The fourth-order valence-electron chi connectivity index (χ4n) is 2.11. The van der Waals surface area contributed by atoms with E-state index in [1.165, 1.54) is 30.0 Å². The summed E-state index contributed by atoms with van der Waals surface area (Å²) in [6.07, 6.45) is 3.66. The van der Waals surface area contributed by atoms with E-state index in [9.17, 15) is 0 Å². The average molecular weight is 242 g/mol. The Morgan fingerprint density at radius 1 is 1.60 bits per heavy atom. The van der Waals surface area contributed by atoms with Crippen molar-refractivity contribution in [2.45, 2.75) is 43.9 Å². The molecule has 15 heavy (non-hydrogen) atoms. The first-order chi connectivity index (χ1) is 7.31. The summed E-state index contributed by atoms with van der Waals surface area (Å²) in [5.74, 6) is 2.75. The Morgan fingerprint density at radius 3 is 3.13 bits per heavy atom. The molecule has 4 heteroatoms. The van der Waals surface area contributed by atoms with Gasteiger partial charge in [-0.05, 0) is 18.6 Å². The highest BCUT2D eigenvalue weighted by molar-refractivity contribution is 7.98. The minimum atomic E-state index is 0.346. The van der Waals surface area contributed by atoms with Crippen molar-refractivity contribution >= 4 is 23.1 Å². The molecule has 84 valence electrons. The molecule has 0 amide bonds. The molecule has 1 aliphatic carbocycles. The van der Waals surface area contributed by atoms with Gasteiger partial charge in [-0.1, -0.05) is 13.3 Å². The molecule has 0 saturated heterocycles. The van der Waals surface area contributed by atoms with E-state index in [1.807, 2.05) is 11.8 Å². The van der Waals surface area contributed by atoms with Crippen LogP contribution in [-0.4, -0.2) is 16.8 Å². The molecule has 0 bridgehead atoms. The van der Waals surface area contributed by atoms with Crippen LogP contribution in [-0.2, 0) is 5.75 Å². The first-order valence-electron chi connectivity index (χ1n) is 5.59. The van der Waals surface area contributed by atoms with Crippen molar-refractivity contribution in [3.05, 3.63) is 16.1 Å². The van der Waals surface area contributed by atoms with Gasteiger partial charge in [-0.15, -0.1) is 11.3 Å². The van der Waals surface area contributed by atoms with E-state index >= 15 is 0 Å². The van der Waals surface area contributed by atoms with Gasteiger partial charge in [0.1, 0.15) is 5.01 Å². The third-order valence-corrected chi connectivity index (χ3v) is 4.88. The molecular weight excluding hydrogens is 224 g/mol. The van der Waals surface area contributed by atoms with E-state index < -0.39 is 0 Å². The molecular formula is C11H18N2S2. The number of thiazole rings is 1. The third kappa shape index (κ3) is 2.74. The maximum atomic E-state index is 6.08. The molecule has 2 nitrogen and oxygen atoms in total. The lowest BCUT2D eigenvalue weighted by Gasteiger charge is -2.11. The summed E-state index contributed by atoms with van der Waals surface area (Å²) in [4.78, 5) is 4.70. The summed E-state index contributed by atoms with van der Waals surface area (Å²) in [6, 6.07) is 0.346. The summed E-state index contributed by atoms with van der Waals surface area (Å²) in [5, 5.41) is 3.47. The summed E-state index contributed by atoms with van der Waals surface area (Å²) >= 11 is 3.73. The largest absolute Gasteiger partial charge is 0.327 e. The summed E-state index contributed by atoms with van der Waals surface area (Å²) in [7, 11) is 0. The Balaban J connectivity index is 1.99. The molecule has 0 spiro atoms. The van der Waals surface area contributed by atoms with Crippen LogP contribution in [0.25, 0.3) is 0 Å². The van der Waals surface area contributed by atoms with Crippen LogP contribution in [0.3, 0.4) is 0 Å². The monoisotopic (exact) mass is 242 g/mol. The highest BCUT2D eigenvalue weighted by Gasteiger charge is 2.27. The molecule has 1 heterocycles. The van der Waals surface area contributed by atoms with Crippen molar-refractivity contribution in [3.63, 3.8) is 0 Å². The molecule has 2 atom stereocenters. The van der Waals surface area contributed by atoms with Crippen LogP contribution >= 0.6 is 23.1 Å². The molecule has 0 radical (unpaired) electrons. The highest BCUT2D eigenvalue weighted by Crippen LogP contribution is 2.34. The van der Waals surface area contributed by atoms with E-state index in [0.717, 1.165) is 11.5 Å². The van der Waals surface area contributed by atoms with Crippen LogP contribution in [0.1, 0.15) is 42.8 Å².